The molecule has 0 heterocycles. The summed E-state index contributed by atoms with van der Waals surface area (Å²) < 4.78 is 35.6. The molecule has 0 radical (unpaired) electrons. The summed E-state index contributed by atoms with van der Waals surface area (Å²) in [6.07, 6.45) is -1.97. The van der Waals surface area contributed by atoms with E-state index in [2.05, 4.69) is 6.07 Å². The fourth-order valence-corrected chi connectivity index (χ4v) is 1.88. The quantitative estimate of drug-likeness (QED) is 0.794. The van der Waals surface area contributed by atoms with Crippen LogP contribution >= 0.6 is 0 Å². The topological polar surface area (TPSA) is 52.9 Å². The van der Waals surface area contributed by atoms with Crippen molar-refractivity contribution in [2.75, 3.05) is 6.54 Å². The molecular formula is C10H13F3N2O. The highest BCUT2D eigenvalue weighted by Gasteiger charge is 2.31. The van der Waals surface area contributed by atoms with Gasteiger partial charge >= 0.3 is 6.18 Å². The molecule has 0 saturated heterocycles. The number of amides is 1. The SMILES string of the molecule is N#C[C@H]1CCC[C@@H](C(=O)NCC(F)(F)F)C1. The van der Waals surface area contributed by atoms with Crippen molar-refractivity contribution in [2.24, 2.45) is 11.8 Å². The summed E-state index contributed by atoms with van der Waals surface area (Å²) in [6.45, 7) is -1.29. The number of alkyl halides is 3. The Bertz CT molecular complexity index is 295. The van der Waals surface area contributed by atoms with E-state index >= 15 is 0 Å². The summed E-state index contributed by atoms with van der Waals surface area (Å²) >= 11 is 0. The van der Waals surface area contributed by atoms with Gasteiger partial charge in [0, 0.05) is 11.8 Å². The van der Waals surface area contributed by atoms with E-state index in [1.807, 2.05) is 5.32 Å². The van der Waals surface area contributed by atoms with Gasteiger partial charge in [-0.1, -0.05) is 6.42 Å². The average Bonchev–Trinajstić information content (AvgIpc) is 2.25. The minimum Gasteiger partial charge on any atom is -0.347 e. The Balaban J connectivity index is 2.39. The monoisotopic (exact) mass is 234 g/mol. The van der Waals surface area contributed by atoms with E-state index in [9.17, 15) is 18.0 Å². The average molecular weight is 234 g/mol. The van der Waals surface area contributed by atoms with Crippen LogP contribution in [-0.4, -0.2) is 18.6 Å². The number of nitrogens with one attached hydrogen (secondary N) is 1. The number of rotatable bonds is 2. The van der Waals surface area contributed by atoms with Crippen LogP contribution in [0.3, 0.4) is 0 Å². The number of hydrogen-bond donors (Lipinski definition) is 1. The summed E-state index contributed by atoms with van der Waals surface area (Å²) in [5.41, 5.74) is 0. The molecule has 90 valence electrons. The van der Waals surface area contributed by atoms with Gasteiger partial charge in [-0.25, -0.2) is 0 Å². The van der Waals surface area contributed by atoms with Crippen molar-refractivity contribution in [2.45, 2.75) is 31.9 Å². The van der Waals surface area contributed by atoms with Crippen LogP contribution in [0.1, 0.15) is 25.7 Å². The molecular weight excluding hydrogens is 221 g/mol. The molecule has 1 amide bonds. The first-order chi connectivity index (χ1) is 7.42. The van der Waals surface area contributed by atoms with Crippen LogP contribution in [0.2, 0.25) is 0 Å². The molecule has 1 saturated carbocycles. The maximum atomic E-state index is 11.9. The van der Waals surface area contributed by atoms with Gasteiger partial charge in [-0.2, -0.15) is 18.4 Å². The minimum absolute atomic E-state index is 0.199. The molecule has 0 aromatic rings. The van der Waals surface area contributed by atoms with Crippen LogP contribution in [0.5, 0.6) is 0 Å². The molecule has 16 heavy (non-hydrogen) atoms. The van der Waals surface area contributed by atoms with Crippen molar-refractivity contribution in [3.63, 3.8) is 0 Å². The van der Waals surface area contributed by atoms with Gasteiger partial charge in [0.15, 0.2) is 0 Å². The van der Waals surface area contributed by atoms with Gasteiger partial charge in [-0.3, -0.25) is 4.79 Å². The number of hydrogen-bond acceptors (Lipinski definition) is 2. The molecule has 0 unspecified atom stereocenters. The van der Waals surface area contributed by atoms with Gasteiger partial charge in [-0.05, 0) is 19.3 Å². The van der Waals surface area contributed by atoms with Crippen LogP contribution in [0.25, 0.3) is 0 Å². The highest BCUT2D eigenvalue weighted by atomic mass is 19.4. The Kier molecular flexibility index (Phi) is 4.16. The standard InChI is InChI=1S/C10H13F3N2O/c11-10(12,13)6-15-9(16)8-3-1-2-7(4-8)5-14/h7-8H,1-4,6H2,(H,15,16)/t7-,8+/m0/s1. The lowest BCUT2D eigenvalue weighted by molar-refractivity contribution is -0.141. The van der Waals surface area contributed by atoms with E-state index < -0.39 is 24.5 Å². The lowest BCUT2D eigenvalue weighted by atomic mass is 9.82. The third kappa shape index (κ3) is 4.09. The van der Waals surface area contributed by atoms with Crippen molar-refractivity contribution in [1.82, 2.24) is 5.32 Å². The molecule has 0 aromatic carbocycles. The van der Waals surface area contributed by atoms with E-state index in [1.54, 1.807) is 0 Å². The highest BCUT2D eigenvalue weighted by molar-refractivity contribution is 5.78. The predicted octanol–water partition coefficient (Wildman–Crippen LogP) is 1.99. The molecule has 1 aliphatic rings. The minimum atomic E-state index is -4.38. The molecule has 0 spiro atoms. The van der Waals surface area contributed by atoms with E-state index in [-0.39, 0.29) is 5.92 Å². The van der Waals surface area contributed by atoms with Crippen LogP contribution in [0.4, 0.5) is 13.2 Å². The van der Waals surface area contributed by atoms with Crippen molar-refractivity contribution in [3.8, 4) is 6.07 Å². The Morgan fingerprint density at radius 2 is 2.12 bits per heavy atom. The zero-order chi connectivity index (χ0) is 12.2. The van der Waals surface area contributed by atoms with Crippen LogP contribution in [0, 0.1) is 23.2 Å². The maximum absolute atomic E-state index is 11.9. The van der Waals surface area contributed by atoms with Crippen molar-refractivity contribution >= 4 is 5.91 Å². The van der Waals surface area contributed by atoms with E-state index in [0.29, 0.717) is 12.8 Å². The normalized spacial score (nSPS) is 25.9. The molecule has 2 atom stereocenters. The highest BCUT2D eigenvalue weighted by Crippen LogP contribution is 2.28. The van der Waals surface area contributed by atoms with E-state index in [0.717, 1.165) is 12.8 Å². The third-order valence-corrected chi connectivity index (χ3v) is 2.69. The van der Waals surface area contributed by atoms with Crippen molar-refractivity contribution in [3.05, 3.63) is 0 Å². The van der Waals surface area contributed by atoms with Crippen molar-refractivity contribution in [1.29, 1.82) is 5.26 Å². The van der Waals surface area contributed by atoms with Gasteiger partial charge in [0.05, 0.1) is 6.07 Å². The Labute approximate surface area is 91.6 Å². The number of nitrogens with zero attached hydrogens (tertiary/aromatic N) is 1. The smallest absolute Gasteiger partial charge is 0.347 e. The summed E-state index contributed by atoms with van der Waals surface area (Å²) in [6, 6.07) is 2.06. The first-order valence-electron chi connectivity index (χ1n) is 5.16. The fraction of sp³-hybridized carbons (Fsp3) is 0.800. The van der Waals surface area contributed by atoms with Gasteiger partial charge in [0.25, 0.3) is 0 Å². The predicted molar refractivity (Wildman–Crippen MR) is 50.1 cm³/mol. The molecule has 1 rings (SSSR count). The lowest BCUT2D eigenvalue weighted by Gasteiger charge is -2.24. The number of carbonyl (C=O) groups is 1. The number of halogens is 3. The third-order valence-electron chi connectivity index (χ3n) is 2.69. The van der Waals surface area contributed by atoms with Crippen LogP contribution in [-0.2, 0) is 4.79 Å². The molecule has 1 N–H and O–H groups in total. The number of nitriles is 1. The zero-order valence-electron chi connectivity index (χ0n) is 8.68. The largest absolute Gasteiger partial charge is 0.405 e. The molecule has 0 aromatic heterocycles. The van der Waals surface area contributed by atoms with Crippen molar-refractivity contribution < 1.29 is 18.0 Å². The van der Waals surface area contributed by atoms with Gasteiger partial charge in [0.1, 0.15) is 6.54 Å². The Hall–Kier alpha value is -1.25. The van der Waals surface area contributed by atoms with E-state index in [1.165, 1.54) is 0 Å². The summed E-state index contributed by atoms with van der Waals surface area (Å²) in [4.78, 5) is 11.4. The number of carbonyl (C=O) groups excluding carboxylic acids is 1. The van der Waals surface area contributed by atoms with Crippen LogP contribution < -0.4 is 5.32 Å². The molecule has 3 nitrogen and oxygen atoms in total. The molecule has 1 fully saturated rings. The van der Waals surface area contributed by atoms with Crippen LogP contribution in [0.15, 0.2) is 0 Å². The summed E-state index contributed by atoms with van der Waals surface area (Å²) in [5, 5.41) is 10.6. The van der Waals surface area contributed by atoms with Gasteiger partial charge in [0.2, 0.25) is 5.91 Å². The second kappa shape index (κ2) is 5.19. The second-order valence-corrected chi connectivity index (χ2v) is 4.02. The Morgan fingerprint density at radius 1 is 1.44 bits per heavy atom. The molecule has 6 heteroatoms. The Morgan fingerprint density at radius 3 is 2.69 bits per heavy atom. The molecule has 0 bridgehead atoms. The first kappa shape index (κ1) is 12.8. The first-order valence-corrected chi connectivity index (χ1v) is 5.16. The maximum Gasteiger partial charge on any atom is 0.405 e. The lowest BCUT2D eigenvalue weighted by Crippen LogP contribution is -2.39. The van der Waals surface area contributed by atoms with E-state index in [4.69, 9.17) is 5.26 Å². The second-order valence-electron chi connectivity index (χ2n) is 4.02. The van der Waals surface area contributed by atoms with Gasteiger partial charge in [-0.15, -0.1) is 0 Å². The summed E-state index contributed by atoms with van der Waals surface area (Å²) in [5.74, 6) is -1.23. The van der Waals surface area contributed by atoms with Gasteiger partial charge < -0.3 is 5.32 Å². The molecule has 0 aliphatic heterocycles. The summed E-state index contributed by atoms with van der Waals surface area (Å²) in [7, 11) is 0. The fourth-order valence-electron chi connectivity index (χ4n) is 1.88. The zero-order valence-corrected chi connectivity index (χ0v) is 8.68. The molecule has 1 aliphatic carbocycles.